The van der Waals surface area contributed by atoms with E-state index < -0.39 is 23.4 Å². The quantitative estimate of drug-likeness (QED) is 0.891. The number of pyridine rings is 1. The lowest BCUT2D eigenvalue weighted by molar-refractivity contribution is 0.0689. The molecule has 0 spiro atoms. The average Bonchev–Trinajstić information content (AvgIpc) is 2.36. The molecule has 2 rings (SSSR count). The second kappa shape index (κ2) is 4.89. The molecule has 1 heterocycles. The monoisotopic (exact) mass is 266 g/mol. The zero-order valence-electron chi connectivity index (χ0n) is 9.43. The van der Waals surface area contributed by atoms with E-state index in [1.54, 1.807) is 0 Å². The largest absolute Gasteiger partial charge is 0.477 e. The first-order chi connectivity index (χ1) is 8.97. The molecule has 0 saturated heterocycles. The third kappa shape index (κ3) is 2.76. The number of nitrogens with two attached hydrogens (primary N) is 1. The highest BCUT2D eigenvalue weighted by Gasteiger charge is 2.13. The van der Waals surface area contributed by atoms with Crippen LogP contribution in [0.15, 0.2) is 30.3 Å². The van der Waals surface area contributed by atoms with Crippen molar-refractivity contribution in [2.24, 2.45) is 0 Å². The minimum Gasteiger partial charge on any atom is -0.477 e. The smallest absolute Gasteiger partial charge is 0.354 e. The molecule has 0 fully saturated rings. The van der Waals surface area contributed by atoms with Crippen LogP contribution in [-0.4, -0.2) is 16.1 Å². The van der Waals surface area contributed by atoms with Gasteiger partial charge in [-0.1, -0.05) is 0 Å². The summed E-state index contributed by atoms with van der Waals surface area (Å²) in [6, 6.07) is 5.04. The highest BCUT2D eigenvalue weighted by Crippen LogP contribution is 2.28. The first-order valence-electron chi connectivity index (χ1n) is 5.10. The van der Waals surface area contributed by atoms with E-state index in [1.807, 2.05) is 0 Å². The molecule has 1 aromatic carbocycles. The number of halogens is 2. The van der Waals surface area contributed by atoms with Crippen molar-refractivity contribution in [2.45, 2.75) is 0 Å². The maximum Gasteiger partial charge on any atom is 0.354 e. The fourth-order valence-corrected chi connectivity index (χ4v) is 1.31. The van der Waals surface area contributed by atoms with Gasteiger partial charge in [0.25, 0.3) is 0 Å². The van der Waals surface area contributed by atoms with Crippen molar-refractivity contribution in [1.82, 2.24) is 4.98 Å². The van der Waals surface area contributed by atoms with Gasteiger partial charge in [-0.25, -0.2) is 18.6 Å². The van der Waals surface area contributed by atoms with Crippen molar-refractivity contribution >= 4 is 11.7 Å². The number of hydrogen-bond donors (Lipinski definition) is 2. The van der Waals surface area contributed by atoms with Gasteiger partial charge < -0.3 is 15.6 Å². The van der Waals surface area contributed by atoms with E-state index in [4.69, 9.17) is 15.6 Å². The van der Waals surface area contributed by atoms with Crippen molar-refractivity contribution < 1.29 is 23.4 Å². The molecule has 7 heteroatoms. The van der Waals surface area contributed by atoms with Crippen molar-refractivity contribution in [3.05, 3.63) is 47.7 Å². The molecule has 3 N–H and O–H groups in total. The van der Waals surface area contributed by atoms with Crippen molar-refractivity contribution in [2.75, 3.05) is 5.73 Å². The van der Waals surface area contributed by atoms with Crippen LogP contribution in [0.4, 0.5) is 14.5 Å². The summed E-state index contributed by atoms with van der Waals surface area (Å²) in [5.41, 5.74) is 5.22. The van der Waals surface area contributed by atoms with E-state index in [0.29, 0.717) is 0 Å². The summed E-state index contributed by atoms with van der Waals surface area (Å²) in [6.45, 7) is 0. The number of hydrogen-bond acceptors (Lipinski definition) is 4. The van der Waals surface area contributed by atoms with Crippen LogP contribution < -0.4 is 10.5 Å². The van der Waals surface area contributed by atoms with Crippen LogP contribution in [0.3, 0.4) is 0 Å². The molecular weight excluding hydrogens is 258 g/mol. The summed E-state index contributed by atoms with van der Waals surface area (Å²) >= 11 is 0. The third-order valence-electron chi connectivity index (χ3n) is 2.21. The zero-order valence-corrected chi connectivity index (χ0v) is 9.43. The van der Waals surface area contributed by atoms with Gasteiger partial charge in [0.1, 0.15) is 5.82 Å². The molecule has 0 atom stereocenters. The lowest BCUT2D eigenvalue weighted by atomic mass is 10.3. The van der Waals surface area contributed by atoms with Gasteiger partial charge in [0.05, 0.1) is 5.69 Å². The van der Waals surface area contributed by atoms with Crippen molar-refractivity contribution in [1.29, 1.82) is 0 Å². The molecule has 0 amide bonds. The number of rotatable bonds is 3. The van der Waals surface area contributed by atoms with Crippen LogP contribution in [-0.2, 0) is 0 Å². The number of aromatic carboxylic acids is 1. The lowest BCUT2D eigenvalue weighted by Gasteiger charge is -2.08. The Bertz CT molecular complexity index is 647. The Morgan fingerprint density at radius 3 is 2.68 bits per heavy atom. The predicted molar refractivity (Wildman–Crippen MR) is 62.0 cm³/mol. The highest BCUT2D eigenvalue weighted by molar-refractivity contribution is 5.86. The molecule has 0 aliphatic rings. The van der Waals surface area contributed by atoms with Gasteiger partial charge in [0, 0.05) is 6.07 Å². The van der Waals surface area contributed by atoms with Gasteiger partial charge in [-0.3, -0.25) is 0 Å². The molecule has 2 aromatic rings. The fourth-order valence-electron chi connectivity index (χ4n) is 1.31. The Hall–Kier alpha value is -2.70. The van der Waals surface area contributed by atoms with Crippen LogP contribution in [0.1, 0.15) is 10.5 Å². The zero-order chi connectivity index (χ0) is 14.0. The number of nitrogen functional groups attached to an aromatic ring is 1. The highest BCUT2D eigenvalue weighted by atomic mass is 19.1. The first-order valence-corrected chi connectivity index (χ1v) is 5.10. The molecule has 0 unspecified atom stereocenters. The van der Waals surface area contributed by atoms with Gasteiger partial charge in [0.15, 0.2) is 17.3 Å². The number of carboxylic acid groups (broad SMARTS) is 1. The number of nitrogens with zero attached hydrogens (tertiary/aromatic N) is 1. The van der Waals surface area contributed by atoms with E-state index in [0.717, 1.165) is 18.2 Å². The summed E-state index contributed by atoms with van der Waals surface area (Å²) < 4.78 is 31.3. The number of carboxylic acids is 1. The molecule has 19 heavy (non-hydrogen) atoms. The topological polar surface area (TPSA) is 85.4 Å². The maximum atomic E-state index is 13.4. The predicted octanol–water partition coefficient (Wildman–Crippen LogP) is 2.43. The van der Waals surface area contributed by atoms with E-state index in [2.05, 4.69) is 4.98 Å². The minimum absolute atomic E-state index is 0.00802. The summed E-state index contributed by atoms with van der Waals surface area (Å²) in [5.74, 6) is -3.54. The summed E-state index contributed by atoms with van der Waals surface area (Å²) in [7, 11) is 0. The van der Waals surface area contributed by atoms with Gasteiger partial charge in [-0.2, -0.15) is 0 Å². The van der Waals surface area contributed by atoms with Crippen LogP contribution >= 0.6 is 0 Å². The van der Waals surface area contributed by atoms with Crippen LogP contribution in [0.25, 0.3) is 0 Å². The molecule has 5 nitrogen and oxygen atoms in total. The molecular formula is C12H8F2N2O3. The Balaban J connectivity index is 2.40. The molecule has 0 bridgehead atoms. The summed E-state index contributed by atoms with van der Waals surface area (Å²) in [4.78, 5) is 14.3. The van der Waals surface area contributed by atoms with Gasteiger partial charge >= 0.3 is 5.97 Å². The van der Waals surface area contributed by atoms with Gasteiger partial charge in [-0.15, -0.1) is 0 Å². The summed E-state index contributed by atoms with van der Waals surface area (Å²) in [6.07, 6.45) is 0. The lowest BCUT2D eigenvalue weighted by Crippen LogP contribution is -2.04. The fraction of sp³-hybridized carbons (Fsp3) is 0. The van der Waals surface area contributed by atoms with Crippen LogP contribution in [0.5, 0.6) is 11.6 Å². The third-order valence-corrected chi connectivity index (χ3v) is 2.21. The molecule has 0 aliphatic carbocycles. The number of anilines is 1. The van der Waals surface area contributed by atoms with Gasteiger partial charge in [-0.05, 0) is 24.3 Å². The molecule has 1 aromatic heterocycles. The normalized spacial score (nSPS) is 10.2. The Morgan fingerprint density at radius 1 is 1.26 bits per heavy atom. The standard InChI is InChI=1S/C12H8F2N2O3/c13-6-1-2-7(14)10(5-6)19-11-8(15)3-4-9(16-11)12(17)18/h1-5H,15H2,(H,17,18). The second-order valence-corrected chi connectivity index (χ2v) is 3.57. The van der Waals surface area contributed by atoms with Crippen molar-refractivity contribution in [3.8, 4) is 11.6 Å². The van der Waals surface area contributed by atoms with E-state index >= 15 is 0 Å². The van der Waals surface area contributed by atoms with Gasteiger partial charge in [0.2, 0.25) is 5.88 Å². The minimum atomic E-state index is -1.29. The number of benzene rings is 1. The second-order valence-electron chi connectivity index (χ2n) is 3.57. The van der Waals surface area contributed by atoms with Crippen molar-refractivity contribution in [3.63, 3.8) is 0 Å². The first kappa shape index (κ1) is 12.7. The molecule has 98 valence electrons. The van der Waals surface area contributed by atoms with E-state index in [-0.39, 0.29) is 17.3 Å². The van der Waals surface area contributed by atoms with Crippen LogP contribution in [0.2, 0.25) is 0 Å². The average molecular weight is 266 g/mol. The molecule has 0 radical (unpaired) electrons. The molecule has 0 aliphatic heterocycles. The number of carbonyl (C=O) groups is 1. The number of aromatic nitrogens is 1. The van der Waals surface area contributed by atoms with E-state index in [9.17, 15) is 13.6 Å². The Labute approximate surface area is 106 Å². The Morgan fingerprint density at radius 2 is 2.00 bits per heavy atom. The SMILES string of the molecule is Nc1ccc(C(=O)O)nc1Oc1cc(F)ccc1F. The van der Waals surface area contributed by atoms with E-state index in [1.165, 1.54) is 12.1 Å². The molecule has 0 saturated carbocycles. The Kier molecular flexibility index (Phi) is 3.28. The maximum absolute atomic E-state index is 13.4. The number of ether oxygens (including phenoxy) is 1. The van der Waals surface area contributed by atoms with Crippen LogP contribution in [0, 0.1) is 11.6 Å². The summed E-state index contributed by atoms with van der Waals surface area (Å²) in [5, 5.41) is 8.77.